The van der Waals surface area contributed by atoms with E-state index in [1.807, 2.05) is 44.2 Å². The summed E-state index contributed by atoms with van der Waals surface area (Å²) in [5.41, 5.74) is 2.68. The monoisotopic (exact) mass is 286 g/mol. The van der Waals surface area contributed by atoms with Crippen molar-refractivity contribution in [3.05, 3.63) is 53.8 Å². The van der Waals surface area contributed by atoms with E-state index in [0.717, 1.165) is 16.7 Å². The van der Waals surface area contributed by atoms with Crippen LogP contribution in [0, 0.1) is 11.7 Å². The molecule has 0 aromatic heterocycles. The molecule has 2 aromatic carbocycles. The largest absolute Gasteiger partial charge is 0.494 e. The van der Waals surface area contributed by atoms with Crippen molar-refractivity contribution in [3.63, 3.8) is 0 Å². The quantitative estimate of drug-likeness (QED) is 0.820. The molecule has 0 amide bonds. The molecule has 0 aliphatic rings. The summed E-state index contributed by atoms with van der Waals surface area (Å²) in [5.74, 6) is 0.116. The molecule has 0 unspecified atom stereocenters. The minimum absolute atomic E-state index is 0.0420. The molecule has 3 heteroatoms. The van der Waals surface area contributed by atoms with Crippen LogP contribution in [0.5, 0.6) is 5.75 Å². The first kappa shape index (κ1) is 15.2. The third-order valence-corrected chi connectivity index (χ3v) is 3.46. The highest BCUT2D eigenvalue weighted by Gasteiger charge is 2.09. The number of hydrogen-bond acceptors (Lipinski definition) is 2. The summed E-state index contributed by atoms with van der Waals surface area (Å²) in [6.07, 6.45) is 0.439. The average Bonchev–Trinajstić information content (AvgIpc) is 2.47. The maximum absolute atomic E-state index is 13.7. The Morgan fingerprint density at radius 1 is 1.10 bits per heavy atom. The first-order chi connectivity index (χ1) is 10.0. The number of methoxy groups -OCH3 is 1. The van der Waals surface area contributed by atoms with Gasteiger partial charge in [0, 0.05) is 12.3 Å². The second-order valence-corrected chi connectivity index (χ2v) is 5.34. The lowest BCUT2D eigenvalue weighted by molar-refractivity contribution is -0.121. The van der Waals surface area contributed by atoms with Crippen LogP contribution >= 0.6 is 0 Å². The lowest BCUT2D eigenvalue weighted by atomic mass is 9.98. The molecule has 21 heavy (non-hydrogen) atoms. The van der Waals surface area contributed by atoms with Gasteiger partial charge in [-0.2, -0.15) is 0 Å². The zero-order valence-corrected chi connectivity index (χ0v) is 12.5. The van der Waals surface area contributed by atoms with Crippen molar-refractivity contribution in [1.82, 2.24) is 0 Å². The maximum atomic E-state index is 13.7. The van der Waals surface area contributed by atoms with E-state index in [9.17, 15) is 9.18 Å². The lowest BCUT2D eigenvalue weighted by Crippen LogP contribution is -2.09. The van der Waals surface area contributed by atoms with E-state index in [2.05, 4.69) is 0 Å². The average molecular weight is 286 g/mol. The van der Waals surface area contributed by atoms with Gasteiger partial charge in [-0.05, 0) is 28.8 Å². The highest BCUT2D eigenvalue weighted by atomic mass is 19.1. The molecule has 0 saturated carbocycles. The number of rotatable bonds is 5. The molecule has 0 aliphatic heterocycles. The molecule has 0 heterocycles. The molecule has 0 fully saturated rings. The first-order valence-electron chi connectivity index (χ1n) is 6.97. The number of carbonyl (C=O) groups is 1. The van der Waals surface area contributed by atoms with Crippen molar-refractivity contribution >= 4 is 5.78 Å². The number of Topliss-reactive ketones (excluding diaryl/α,β-unsaturated/α-hetero) is 1. The molecule has 0 radical (unpaired) electrons. The van der Waals surface area contributed by atoms with Crippen LogP contribution in [0.1, 0.15) is 19.4 Å². The molecular formula is C18H19FO2. The summed E-state index contributed by atoms with van der Waals surface area (Å²) in [6, 6.07) is 12.5. The summed E-state index contributed by atoms with van der Waals surface area (Å²) in [6.45, 7) is 3.80. The predicted octanol–water partition coefficient (Wildman–Crippen LogP) is 4.27. The third-order valence-electron chi connectivity index (χ3n) is 3.46. The number of benzene rings is 2. The molecule has 110 valence electrons. The molecule has 0 bridgehead atoms. The topological polar surface area (TPSA) is 26.3 Å². The Balaban J connectivity index is 2.19. The third kappa shape index (κ3) is 3.69. The minimum Gasteiger partial charge on any atom is -0.494 e. The lowest BCUT2D eigenvalue weighted by Gasteiger charge is -2.07. The van der Waals surface area contributed by atoms with Crippen molar-refractivity contribution in [3.8, 4) is 16.9 Å². The molecule has 2 aromatic rings. The van der Waals surface area contributed by atoms with Crippen LogP contribution in [0.25, 0.3) is 11.1 Å². The van der Waals surface area contributed by atoms with Crippen molar-refractivity contribution in [2.45, 2.75) is 20.3 Å². The van der Waals surface area contributed by atoms with Gasteiger partial charge >= 0.3 is 0 Å². The summed E-state index contributed by atoms with van der Waals surface area (Å²) in [7, 11) is 1.44. The van der Waals surface area contributed by atoms with Gasteiger partial charge in [-0.1, -0.05) is 44.2 Å². The van der Waals surface area contributed by atoms with Crippen LogP contribution in [0.3, 0.4) is 0 Å². The molecule has 2 rings (SSSR count). The zero-order chi connectivity index (χ0) is 15.4. The molecule has 0 atom stereocenters. The summed E-state index contributed by atoms with van der Waals surface area (Å²) >= 11 is 0. The van der Waals surface area contributed by atoms with Crippen LogP contribution in [0.15, 0.2) is 42.5 Å². The van der Waals surface area contributed by atoms with Gasteiger partial charge in [0.15, 0.2) is 11.6 Å². The summed E-state index contributed by atoms with van der Waals surface area (Å²) in [5, 5.41) is 0. The summed E-state index contributed by atoms with van der Waals surface area (Å²) < 4.78 is 18.6. The zero-order valence-electron chi connectivity index (χ0n) is 12.5. The van der Waals surface area contributed by atoms with Crippen LogP contribution in [0.4, 0.5) is 4.39 Å². The first-order valence-corrected chi connectivity index (χ1v) is 6.97. The van der Waals surface area contributed by atoms with Gasteiger partial charge in [0.1, 0.15) is 5.78 Å². The Morgan fingerprint density at radius 2 is 1.71 bits per heavy atom. The Morgan fingerprint density at radius 3 is 2.24 bits per heavy atom. The number of carbonyl (C=O) groups excluding carboxylic acids is 1. The van der Waals surface area contributed by atoms with Crippen molar-refractivity contribution in [1.29, 1.82) is 0 Å². The van der Waals surface area contributed by atoms with Gasteiger partial charge in [-0.3, -0.25) is 4.79 Å². The van der Waals surface area contributed by atoms with Gasteiger partial charge in [-0.15, -0.1) is 0 Å². The van der Waals surface area contributed by atoms with E-state index in [1.54, 1.807) is 6.07 Å². The van der Waals surface area contributed by atoms with E-state index in [1.165, 1.54) is 13.2 Å². The highest BCUT2D eigenvalue weighted by molar-refractivity contribution is 5.82. The predicted molar refractivity (Wildman–Crippen MR) is 81.9 cm³/mol. The van der Waals surface area contributed by atoms with E-state index in [4.69, 9.17) is 4.74 Å². The van der Waals surface area contributed by atoms with Crippen LogP contribution < -0.4 is 4.74 Å². The van der Waals surface area contributed by atoms with Crippen LogP contribution in [0.2, 0.25) is 0 Å². The number of ether oxygens (including phenoxy) is 1. The fourth-order valence-corrected chi connectivity index (χ4v) is 2.07. The fourth-order valence-electron chi connectivity index (χ4n) is 2.07. The highest BCUT2D eigenvalue weighted by Crippen LogP contribution is 2.25. The fraction of sp³-hybridized carbons (Fsp3) is 0.278. The maximum Gasteiger partial charge on any atom is 0.165 e. The van der Waals surface area contributed by atoms with E-state index in [-0.39, 0.29) is 23.3 Å². The van der Waals surface area contributed by atoms with Gasteiger partial charge in [0.25, 0.3) is 0 Å². The standard InChI is InChI=1S/C18H19FO2/c1-12(2)17(20)10-13-4-6-14(7-5-13)15-8-9-18(21-3)16(19)11-15/h4-9,11-12H,10H2,1-3H3. The van der Waals surface area contributed by atoms with E-state index in [0.29, 0.717) is 6.42 Å². The Bertz CT molecular complexity index is 630. The smallest absolute Gasteiger partial charge is 0.165 e. The van der Waals surface area contributed by atoms with Gasteiger partial charge in [0.05, 0.1) is 7.11 Å². The number of ketones is 1. The Kier molecular flexibility index (Phi) is 4.73. The van der Waals surface area contributed by atoms with Gasteiger partial charge in [-0.25, -0.2) is 4.39 Å². The molecule has 0 aliphatic carbocycles. The van der Waals surface area contributed by atoms with Gasteiger partial charge < -0.3 is 4.74 Å². The number of hydrogen-bond donors (Lipinski definition) is 0. The molecule has 0 spiro atoms. The summed E-state index contributed by atoms with van der Waals surface area (Å²) in [4.78, 5) is 11.7. The van der Waals surface area contributed by atoms with Crippen molar-refractivity contribution in [2.75, 3.05) is 7.11 Å². The molecule has 2 nitrogen and oxygen atoms in total. The minimum atomic E-state index is -0.380. The Labute approximate surface area is 124 Å². The molecular weight excluding hydrogens is 267 g/mol. The molecule has 0 N–H and O–H groups in total. The van der Waals surface area contributed by atoms with E-state index >= 15 is 0 Å². The normalized spacial score (nSPS) is 10.7. The molecule has 0 saturated heterocycles. The second kappa shape index (κ2) is 6.53. The van der Waals surface area contributed by atoms with Crippen LogP contribution in [-0.4, -0.2) is 12.9 Å². The van der Waals surface area contributed by atoms with Crippen LogP contribution in [-0.2, 0) is 11.2 Å². The Hall–Kier alpha value is -2.16. The second-order valence-electron chi connectivity index (χ2n) is 5.34. The number of halogens is 1. The van der Waals surface area contributed by atoms with Crippen molar-refractivity contribution in [2.24, 2.45) is 5.92 Å². The SMILES string of the molecule is COc1ccc(-c2ccc(CC(=O)C(C)C)cc2)cc1F. The van der Waals surface area contributed by atoms with Crippen molar-refractivity contribution < 1.29 is 13.9 Å². The van der Waals surface area contributed by atoms with Gasteiger partial charge in [0.2, 0.25) is 0 Å². The van der Waals surface area contributed by atoms with E-state index < -0.39 is 0 Å².